The van der Waals surface area contributed by atoms with Crippen molar-refractivity contribution in [2.75, 3.05) is 0 Å². The Balaban J connectivity index is 3.85. The Labute approximate surface area is 67.7 Å². The average molecular weight is 156 g/mol. The van der Waals surface area contributed by atoms with Crippen LogP contribution in [0, 0.1) is 0 Å². The minimum Gasteiger partial charge on any atom is -0.386 e. The van der Waals surface area contributed by atoms with Crippen molar-refractivity contribution in [3.05, 3.63) is 11.8 Å². The lowest BCUT2D eigenvalue weighted by atomic mass is 10.2. The SMILES string of the molecule is CCC(C)NC(C)=CC(N)=O. The maximum Gasteiger partial charge on any atom is 0.243 e. The number of carbonyl (C=O) groups is 1. The minimum absolute atomic E-state index is 0.394. The van der Waals surface area contributed by atoms with Crippen LogP contribution in [0.25, 0.3) is 0 Å². The van der Waals surface area contributed by atoms with E-state index in [9.17, 15) is 4.79 Å². The molecule has 11 heavy (non-hydrogen) atoms. The van der Waals surface area contributed by atoms with Crippen LogP contribution in [0.1, 0.15) is 27.2 Å². The summed E-state index contributed by atoms with van der Waals surface area (Å²) in [4.78, 5) is 10.4. The molecular weight excluding hydrogens is 140 g/mol. The lowest BCUT2D eigenvalue weighted by Crippen LogP contribution is -2.24. The first kappa shape index (κ1) is 10.0. The highest BCUT2D eigenvalue weighted by atomic mass is 16.1. The van der Waals surface area contributed by atoms with Crippen molar-refractivity contribution < 1.29 is 4.79 Å². The number of primary amides is 1. The molecule has 0 aliphatic heterocycles. The van der Waals surface area contributed by atoms with Gasteiger partial charge in [-0.2, -0.15) is 0 Å². The van der Waals surface area contributed by atoms with Gasteiger partial charge in [0.25, 0.3) is 0 Å². The summed E-state index contributed by atoms with van der Waals surface area (Å²) in [6.45, 7) is 5.96. The molecule has 0 saturated heterocycles. The summed E-state index contributed by atoms with van der Waals surface area (Å²) in [5.41, 5.74) is 5.78. The normalized spacial score (nSPS) is 14.3. The van der Waals surface area contributed by atoms with Crippen LogP contribution in [0.15, 0.2) is 11.8 Å². The molecule has 1 amide bonds. The van der Waals surface area contributed by atoms with Crippen molar-refractivity contribution in [2.45, 2.75) is 33.2 Å². The van der Waals surface area contributed by atoms with E-state index in [0.717, 1.165) is 12.1 Å². The zero-order valence-corrected chi connectivity index (χ0v) is 7.35. The van der Waals surface area contributed by atoms with Crippen LogP contribution in [0.4, 0.5) is 0 Å². The maximum atomic E-state index is 10.4. The Morgan fingerprint density at radius 1 is 1.73 bits per heavy atom. The van der Waals surface area contributed by atoms with Gasteiger partial charge in [-0.1, -0.05) is 6.92 Å². The lowest BCUT2D eigenvalue weighted by molar-refractivity contribution is -0.113. The quantitative estimate of drug-likeness (QED) is 0.590. The summed E-state index contributed by atoms with van der Waals surface area (Å²) < 4.78 is 0. The molecule has 0 bridgehead atoms. The van der Waals surface area contributed by atoms with Gasteiger partial charge in [0.05, 0.1) is 0 Å². The van der Waals surface area contributed by atoms with Gasteiger partial charge in [-0.3, -0.25) is 4.79 Å². The highest BCUT2D eigenvalue weighted by molar-refractivity contribution is 5.86. The molecule has 1 unspecified atom stereocenters. The third-order valence-electron chi connectivity index (χ3n) is 1.45. The zero-order valence-electron chi connectivity index (χ0n) is 7.35. The lowest BCUT2D eigenvalue weighted by Gasteiger charge is -2.12. The summed E-state index contributed by atoms with van der Waals surface area (Å²) in [6.07, 6.45) is 2.43. The Morgan fingerprint density at radius 3 is 2.64 bits per heavy atom. The molecule has 0 spiro atoms. The fraction of sp³-hybridized carbons (Fsp3) is 0.625. The van der Waals surface area contributed by atoms with Crippen molar-refractivity contribution in [1.29, 1.82) is 0 Å². The molecule has 3 N–H and O–H groups in total. The number of nitrogens with two attached hydrogens (primary N) is 1. The second-order valence-electron chi connectivity index (χ2n) is 2.68. The van der Waals surface area contributed by atoms with Gasteiger partial charge in [0.1, 0.15) is 0 Å². The molecule has 0 radical (unpaired) electrons. The summed E-state index contributed by atoms with van der Waals surface area (Å²) in [5, 5.41) is 3.12. The van der Waals surface area contributed by atoms with Crippen molar-refractivity contribution >= 4 is 5.91 Å². The second kappa shape index (κ2) is 4.77. The Morgan fingerprint density at radius 2 is 2.27 bits per heavy atom. The molecule has 3 heteroatoms. The number of nitrogens with one attached hydrogen (secondary N) is 1. The maximum absolute atomic E-state index is 10.4. The number of carbonyl (C=O) groups excluding carboxylic acids is 1. The average Bonchev–Trinajstić information content (AvgIpc) is 1.85. The molecule has 0 rings (SSSR count). The molecule has 0 aromatic carbocycles. The predicted octanol–water partition coefficient (Wildman–Crippen LogP) is 0.764. The van der Waals surface area contributed by atoms with Crippen LogP contribution in [0.3, 0.4) is 0 Å². The fourth-order valence-electron chi connectivity index (χ4n) is 0.746. The second-order valence-corrected chi connectivity index (χ2v) is 2.68. The number of amides is 1. The van der Waals surface area contributed by atoms with Gasteiger partial charge >= 0.3 is 0 Å². The minimum atomic E-state index is -0.404. The summed E-state index contributed by atoms with van der Waals surface area (Å²) in [6, 6.07) is 0.394. The standard InChI is InChI=1S/C8H16N2O/c1-4-6(2)10-7(3)5-8(9)11/h5-6,10H,4H2,1-3H3,(H2,9,11). The molecule has 0 heterocycles. The van der Waals surface area contributed by atoms with Crippen molar-refractivity contribution in [3.8, 4) is 0 Å². The number of hydrogen-bond donors (Lipinski definition) is 2. The topological polar surface area (TPSA) is 55.1 Å². The van der Waals surface area contributed by atoms with Crippen molar-refractivity contribution in [3.63, 3.8) is 0 Å². The van der Waals surface area contributed by atoms with E-state index in [2.05, 4.69) is 19.2 Å². The van der Waals surface area contributed by atoms with E-state index < -0.39 is 5.91 Å². The van der Waals surface area contributed by atoms with E-state index in [1.807, 2.05) is 6.92 Å². The molecule has 64 valence electrons. The van der Waals surface area contributed by atoms with E-state index >= 15 is 0 Å². The predicted molar refractivity (Wildman–Crippen MR) is 45.8 cm³/mol. The van der Waals surface area contributed by atoms with E-state index in [1.165, 1.54) is 6.08 Å². The van der Waals surface area contributed by atoms with Gasteiger partial charge in [0, 0.05) is 17.8 Å². The van der Waals surface area contributed by atoms with E-state index in [1.54, 1.807) is 0 Å². The zero-order chi connectivity index (χ0) is 8.85. The Hall–Kier alpha value is -0.990. The summed E-state index contributed by atoms with van der Waals surface area (Å²) in [7, 11) is 0. The van der Waals surface area contributed by atoms with E-state index in [-0.39, 0.29) is 0 Å². The van der Waals surface area contributed by atoms with Crippen LogP contribution in [0.5, 0.6) is 0 Å². The van der Waals surface area contributed by atoms with Crippen LogP contribution in [0.2, 0.25) is 0 Å². The van der Waals surface area contributed by atoms with Gasteiger partial charge in [-0.05, 0) is 20.3 Å². The monoisotopic (exact) mass is 156 g/mol. The molecule has 0 aromatic heterocycles. The van der Waals surface area contributed by atoms with E-state index in [4.69, 9.17) is 5.73 Å². The fourth-order valence-corrected chi connectivity index (χ4v) is 0.746. The van der Waals surface area contributed by atoms with Crippen molar-refractivity contribution in [1.82, 2.24) is 5.32 Å². The van der Waals surface area contributed by atoms with Gasteiger partial charge in [-0.25, -0.2) is 0 Å². The number of rotatable bonds is 4. The van der Waals surface area contributed by atoms with Gasteiger partial charge in [-0.15, -0.1) is 0 Å². The summed E-state index contributed by atoms with van der Waals surface area (Å²) >= 11 is 0. The first-order valence-electron chi connectivity index (χ1n) is 3.80. The van der Waals surface area contributed by atoms with Crippen LogP contribution in [-0.2, 0) is 4.79 Å². The van der Waals surface area contributed by atoms with E-state index in [0.29, 0.717) is 6.04 Å². The first-order valence-corrected chi connectivity index (χ1v) is 3.80. The van der Waals surface area contributed by atoms with Gasteiger partial charge in [0.15, 0.2) is 0 Å². The molecule has 0 aliphatic rings. The third kappa shape index (κ3) is 5.45. The van der Waals surface area contributed by atoms with Gasteiger partial charge in [0.2, 0.25) is 5.91 Å². The molecule has 3 nitrogen and oxygen atoms in total. The smallest absolute Gasteiger partial charge is 0.243 e. The highest BCUT2D eigenvalue weighted by Gasteiger charge is 1.97. The Bertz CT molecular complexity index is 163. The molecular formula is C8H16N2O. The Kier molecular flexibility index (Phi) is 4.34. The molecule has 0 saturated carbocycles. The number of allylic oxidation sites excluding steroid dienone is 1. The van der Waals surface area contributed by atoms with Gasteiger partial charge < -0.3 is 11.1 Å². The summed E-state index contributed by atoms with van der Waals surface area (Å²) in [5.74, 6) is -0.404. The first-order chi connectivity index (χ1) is 5.06. The van der Waals surface area contributed by atoms with Crippen LogP contribution < -0.4 is 11.1 Å². The van der Waals surface area contributed by atoms with Crippen LogP contribution >= 0.6 is 0 Å². The van der Waals surface area contributed by atoms with Crippen molar-refractivity contribution in [2.24, 2.45) is 5.73 Å². The largest absolute Gasteiger partial charge is 0.386 e. The number of hydrogen-bond acceptors (Lipinski definition) is 2. The third-order valence-corrected chi connectivity index (χ3v) is 1.45. The molecule has 1 atom stereocenters. The molecule has 0 aromatic rings. The molecule has 0 aliphatic carbocycles. The highest BCUT2D eigenvalue weighted by Crippen LogP contribution is 1.93. The van der Waals surface area contributed by atoms with Crippen LogP contribution in [-0.4, -0.2) is 11.9 Å². The molecule has 0 fully saturated rings.